The van der Waals surface area contributed by atoms with Gasteiger partial charge in [-0.15, -0.1) is 0 Å². The summed E-state index contributed by atoms with van der Waals surface area (Å²) in [5.41, 5.74) is 0. The summed E-state index contributed by atoms with van der Waals surface area (Å²) in [6.07, 6.45) is 7.82. The predicted octanol–water partition coefficient (Wildman–Crippen LogP) is 2.86. The molecule has 1 spiro atoms. The molecule has 2 heteroatoms. The fraction of sp³-hybridized carbons (Fsp3) is 1.00. The molecule has 2 aliphatic rings. The molecule has 0 aliphatic carbocycles. The smallest absolute Gasteiger partial charge is 0.169 e. The summed E-state index contributed by atoms with van der Waals surface area (Å²) in [5, 5.41) is 0. The lowest BCUT2D eigenvalue weighted by Gasteiger charge is -2.37. The Kier molecular flexibility index (Phi) is 2.61. The van der Waals surface area contributed by atoms with E-state index in [1.807, 2.05) is 0 Å². The van der Waals surface area contributed by atoms with Crippen LogP contribution in [-0.2, 0) is 9.47 Å². The van der Waals surface area contributed by atoms with Gasteiger partial charge in [-0.3, -0.25) is 0 Å². The summed E-state index contributed by atoms with van der Waals surface area (Å²) in [6, 6.07) is 0. The molecule has 0 aromatic heterocycles. The topological polar surface area (TPSA) is 18.5 Å². The van der Waals surface area contributed by atoms with E-state index in [4.69, 9.17) is 9.47 Å². The molecule has 0 aromatic rings. The summed E-state index contributed by atoms with van der Waals surface area (Å²) < 4.78 is 11.9. The van der Waals surface area contributed by atoms with E-state index >= 15 is 0 Å². The Hall–Kier alpha value is -0.0800. The van der Waals surface area contributed by atoms with E-state index in [1.165, 1.54) is 12.8 Å². The van der Waals surface area contributed by atoms with Gasteiger partial charge in [0.25, 0.3) is 0 Å². The fourth-order valence-corrected chi connectivity index (χ4v) is 2.49. The molecule has 0 N–H and O–H groups in total. The third-order valence-electron chi connectivity index (χ3n) is 3.27. The summed E-state index contributed by atoms with van der Waals surface area (Å²) in [7, 11) is 0. The van der Waals surface area contributed by atoms with Crippen LogP contribution < -0.4 is 0 Å². The number of hydrogen-bond acceptors (Lipinski definition) is 2. The molecule has 3 atom stereocenters. The van der Waals surface area contributed by atoms with Gasteiger partial charge < -0.3 is 9.47 Å². The summed E-state index contributed by atoms with van der Waals surface area (Å²) in [5.74, 6) is -0.182. The van der Waals surface area contributed by atoms with Crippen LogP contribution in [0.5, 0.6) is 0 Å². The molecule has 0 unspecified atom stereocenters. The molecule has 2 nitrogen and oxygen atoms in total. The van der Waals surface area contributed by atoms with Gasteiger partial charge in [0.05, 0.1) is 12.2 Å². The van der Waals surface area contributed by atoms with Crippen LogP contribution in [0.1, 0.15) is 52.4 Å². The van der Waals surface area contributed by atoms with Crippen LogP contribution in [0.4, 0.5) is 0 Å². The van der Waals surface area contributed by atoms with Crippen molar-refractivity contribution in [2.75, 3.05) is 0 Å². The van der Waals surface area contributed by atoms with Crippen molar-refractivity contribution >= 4 is 0 Å². The highest BCUT2D eigenvalue weighted by Gasteiger charge is 2.43. The van der Waals surface area contributed by atoms with Gasteiger partial charge in [-0.25, -0.2) is 0 Å². The van der Waals surface area contributed by atoms with Gasteiger partial charge in [-0.1, -0.05) is 6.92 Å². The zero-order chi connectivity index (χ0) is 9.31. The van der Waals surface area contributed by atoms with Gasteiger partial charge in [0.15, 0.2) is 5.79 Å². The quantitative estimate of drug-likeness (QED) is 0.624. The molecule has 2 saturated heterocycles. The minimum Gasteiger partial charge on any atom is -0.347 e. The lowest BCUT2D eigenvalue weighted by Crippen LogP contribution is -2.40. The van der Waals surface area contributed by atoms with E-state index in [2.05, 4.69) is 13.8 Å². The van der Waals surface area contributed by atoms with Crippen LogP contribution in [-0.4, -0.2) is 18.0 Å². The second kappa shape index (κ2) is 3.58. The Morgan fingerprint density at radius 2 is 2.08 bits per heavy atom. The first-order valence-corrected chi connectivity index (χ1v) is 5.60. The average Bonchev–Trinajstić information content (AvgIpc) is 2.47. The lowest BCUT2D eigenvalue weighted by atomic mass is 9.98. The second-order valence-corrected chi connectivity index (χ2v) is 4.42. The SMILES string of the molecule is CC[C@H]1CCC[C@@]2(CC[C@@H](C)O2)O1. The summed E-state index contributed by atoms with van der Waals surface area (Å²) in [6.45, 7) is 4.34. The molecule has 0 amide bonds. The van der Waals surface area contributed by atoms with E-state index in [0.29, 0.717) is 12.2 Å². The Labute approximate surface area is 80.6 Å². The number of rotatable bonds is 1. The molecule has 0 aromatic carbocycles. The second-order valence-electron chi connectivity index (χ2n) is 4.42. The summed E-state index contributed by atoms with van der Waals surface area (Å²) in [4.78, 5) is 0. The Bertz CT molecular complexity index is 177. The highest BCUT2D eigenvalue weighted by molar-refractivity contribution is 4.84. The lowest BCUT2D eigenvalue weighted by molar-refractivity contribution is -0.268. The van der Waals surface area contributed by atoms with Crippen molar-refractivity contribution < 1.29 is 9.47 Å². The van der Waals surface area contributed by atoms with Gasteiger partial charge in [-0.05, 0) is 32.6 Å². The molecule has 2 fully saturated rings. The molecule has 2 rings (SSSR count). The zero-order valence-corrected chi connectivity index (χ0v) is 8.71. The Morgan fingerprint density at radius 1 is 1.23 bits per heavy atom. The Morgan fingerprint density at radius 3 is 2.69 bits per heavy atom. The van der Waals surface area contributed by atoms with Crippen molar-refractivity contribution in [2.24, 2.45) is 0 Å². The average molecular weight is 184 g/mol. The van der Waals surface area contributed by atoms with Crippen molar-refractivity contribution in [3.8, 4) is 0 Å². The largest absolute Gasteiger partial charge is 0.347 e. The van der Waals surface area contributed by atoms with E-state index in [1.54, 1.807) is 0 Å². The number of ether oxygens (including phenoxy) is 2. The standard InChI is InChI=1S/C11H20O2/c1-3-10-5-4-7-11(13-10)8-6-9(2)12-11/h9-10H,3-8H2,1-2H3/t9-,10+,11+/m1/s1. The summed E-state index contributed by atoms with van der Waals surface area (Å²) >= 11 is 0. The maximum atomic E-state index is 6.03. The Balaban J connectivity index is 1.98. The molecule has 76 valence electrons. The normalized spacial score (nSPS) is 45.7. The van der Waals surface area contributed by atoms with Crippen LogP contribution in [0.25, 0.3) is 0 Å². The highest BCUT2D eigenvalue weighted by atomic mass is 16.7. The van der Waals surface area contributed by atoms with Crippen molar-refractivity contribution in [3.63, 3.8) is 0 Å². The zero-order valence-electron chi connectivity index (χ0n) is 8.71. The van der Waals surface area contributed by atoms with Crippen molar-refractivity contribution in [1.29, 1.82) is 0 Å². The molecule has 2 heterocycles. The van der Waals surface area contributed by atoms with Crippen molar-refractivity contribution in [1.82, 2.24) is 0 Å². The van der Waals surface area contributed by atoms with Gasteiger partial charge in [0.1, 0.15) is 0 Å². The van der Waals surface area contributed by atoms with Gasteiger partial charge in [0.2, 0.25) is 0 Å². The fourth-order valence-electron chi connectivity index (χ4n) is 2.49. The van der Waals surface area contributed by atoms with Crippen molar-refractivity contribution in [3.05, 3.63) is 0 Å². The maximum Gasteiger partial charge on any atom is 0.169 e. The van der Waals surface area contributed by atoms with E-state index in [9.17, 15) is 0 Å². The van der Waals surface area contributed by atoms with Crippen LogP contribution in [0.15, 0.2) is 0 Å². The molecular weight excluding hydrogens is 164 g/mol. The van der Waals surface area contributed by atoms with Crippen LogP contribution in [0.2, 0.25) is 0 Å². The monoisotopic (exact) mass is 184 g/mol. The first-order valence-electron chi connectivity index (χ1n) is 5.60. The van der Waals surface area contributed by atoms with E-state index in [-0.39, 0.29) is 5.79 Å². The molecule has 0 saturated carbocycles. The minimum absolute atomic E-state index is 0.182. The predicted molar refractivity (Wildman–Crippen MR) is 51.5 cm³/mol. The van der Waals surface area contributed by atoms with E-state index < -0.39 is 0 Å². The first-order chi connectivity index (χ1) is 6.24. The van der Waals surface area contributed by atoms with Crippen LogP contribution >= 0.6 is 0 Å². The van der Waals surface area contributed by atoms with Gasteiger partial charge >= 0.3 is 0 Å². The third kappa shape index (κ3) is 1.89. The minimum atomic E-state index is -0.182. The third-order valence-corrected chi connectivity index (χ3v) is 3.27. The maximum absolute atomic E-state index is 6.03. The van der Waals surface area contributed by atoms with Gasteiger partial charge in [-0.2, -0.15) is 0 Å². The van der Waals surface area contributed by atoms with E-state index in [0.717, 1.165) is 25.7 Å². The molecule has 2 aliphatic heterocycles. The number of hydrogen-bond donors (Lipinski definition) is 0. The van der Waals surface area contributed by atoms with Crippen LogP contribution in [0, 0.1) is 0 Å². The first kappa shape index (κ1) is 9.47. The molecule has 0 radical (unpaired) electrons. The van der Waals surface area contributed by atoms with Crippen LogP contribution in [0.3, 0.4) is 0 Å². The molecule has 13 heavy (non-hydrogen) atoms. The van der Waals surface area contributed by atoms with Gasteiger partial charge in [0, 0.05) is 12.8 Å². The molecular formula is C11H20O2. The van der Waals surface area contributed by atoms with Crippen molar-refractivity contribution in [2.45, 2.75) is 70.4 Å². The molecule has 0 bridgehead atoms. The highest BCUT2D eigenvalue weighted by Crippen LogP contribution is 2.40.